The van der Waals surface area contributed by atoms with Gasteiger partial charge < -0.3 is 15.5 Å². The van der Waals surface area contributed by atoms with E-state index in [9.17, 15) is 14.4 Å². The van der Waals surface area contributed by atoms with Crippen molar-refractivity contribution >= 4 is 23.4 Å². The van der Waals surface area contributed by atoms with Gasteiger partial charge in [0.05, 0.1) is 0 Å². The standard InChI is InChI=1S/C20H27N3O3/c1-13(2)18(24)22-17-7-4-10-23(12-17)20(26)15-5-3-6-16(11-15)21-19(25)14-8-9-14/h3,5-6,11,13-14,17H,4,7-10,12H2,1-2H3,(H,21,25)(H,22,24)/t17-/m1/s1. The van der Waals surface area contributed by atoms with Crippen molar-refractivity contribution in [3.63, 3.8) is 0 Å². The van der Waals surface area contributed by atoms with E-state index in [0.29, 0.717) is 24.3 Å². The number of nitrogens with zero attached hydrogens (tertiary/aromatic N) is 1. The van der Waals surface area contributed by atoms with Gasteiger partial charge in [-0.2, -0.15) is 0 Å². The summed E-state index contributed by atoms with van der Waals surface area (Å²) < 4.78 is 0. The predicted molar refractivity (Wildman–Crippen MR) is 99.7 cm³/mol. The number of likely N-dealkylation sites (tertiary alicyclic amines) is 1. The van der Waals surface area contributed by atoms with Crippen molar-refractivity contribution in [2.24, 2.45) is 11.8 Å². The van der Waals surface area contributed by atoms with Gasteiger partial charge in [-0.05, 0) is 43.9 Å². The molecule has 1 aliphatic heterocycles. The number of carbonyl (C=O) groups is 3. The molecule has 1 aliphatic carbocycles. The third-order valence-electron chi connectivity index (χ3n) is 4.90. The molecule has 26 heavy (non-hydrogen) atoms. The van der Waals surface area contributed by atoms with Crippen molar-refractivity contribution in [2.45, 2.75) is 45.6 Å². The molecule has 3 amide bonds. The van der Waals surface area contributed by atoms with Crippen LogP contribution in [0.3, 0.4) is 0 Å². The van der Waals surface area contributed by atoms with Gasteiger partial charge in [-0.25, -0.2) is 0 Å². The number of hydrogen-bond acceptors (Lipinski definition) is 3. The lowest BCUT2D eigenvalue weighted by molar-refractivity contribution is -0.125. The summed E-state index contributed by atoms with van der Waals surface area (Å²) in [6, 6.07) is 7.10. The molecule has 6 nitrogen and oxygen atoms in total. The molecular formula is C20H27N3O3. The molecule has 0 aromatic heterocycles. The lowest BCUT2D eigenvalue weighted by Gasteiger charge is -2.33. The second-order valence-electron chi connectivity index (χ2n) is 7.60. The fourth-order valence-electron chi connectivity index (χ4n) is 3.15. The molecule has 0 bridgehead atoms. The fraction of sp³-hybridized carbons (Fsp3) is 0.550. The van der Waals surface area contributed by atoms with Crippen LogP contribution in [0.2, 0.25) is 0 Å². The Morgan fingerprint density at radius 2 is 1.92 bits per heavy atom. The summed E-state index contributed by atoms with van der Waals surface area (Å²) in [5.74, 6) is 0.0590. The minimum absolute atomic E-state index is 0.000326. The highest BCUT2D eigenvalue weighted by Crippen LogP contribution is 2.30. The van der Waals surface area contributed by atoms with E-state index in [-0.39, 0.29) is 35.6 Å². The summed E-state index contributed by atoms with van der Waals surface area (Å²) in [6.45, 7) is 4.94. The number of carbonyl (C=O) groups excluding carboxylic acids is 3. The van der Waals surface area contributed by atoms with Crippen LogP contribution in [0, 0.1) is 11.8 Å². The summed E-state index contributed by atoms with van der Waals surface area (Å²) in [4.78, 5) is 38.5. The Balaban J connectivity index is 1.62. The zero-order valence-electron chi connectivity index (χ0n) is 15.5. The highest BCUT2D eigenvalue weighted by atomic mass is 16.2. The molecule has 1 atom stereocenters. The smallest absolute Gasteiger partial charge is 0.253 e. The molecule has 2 aliphatic rings. The van der Waals surface area contributed by atoms with E-state index >= 15 is 0 Å². The van der Waals surface area contributed by atoms with E-state index in [2.05, 4.69) is 10.6 Å². The number of rotatable bonds is 5. The average Bonchev–Trinajstić information content (AvgIpc) is 3.46. The summed E-state index contributed by atoms with van der Waals surface area (Å²) in [7, 11) is 0. The van der Waals surface area contributed by atoms with Gasteiger partial charge in [-0.1, -0.05) is 19.9 Å². The molecule has 3 rings (SSSR count). The number of amides is 3. The first-order valence-corrected chi connectivity index (χ1v) is 9.44. The summed E-state index contributed by atoms with van der Waals surface area (Å²) >= 11 is 0. The van der Waals surface area contributed by atoms with Gasteiger partial charge in [0.2, 0.25) is 11.8 Å². The number of piperidine rings is 1. The average molecular weight is 357 g/mol. The third kappa shape index (κ3) is 4.62. The van der Waals surface area contributed by atoms with E-state index in [0.717, 1.165) is 25.7 Å². The first kappa shape index (κ1) is 18.4. The number of anilines is 1. The van der Waals surface area contributed by atoms with Crippen LogP contribution >= 0.6 is 0 Å². The SMILES string of the molecule is CC(C)C(=O)N[C@@H]1CCCN(C(=O)c2cccc(NC(=O)C3CC3)c2)C1. The number of nitrogens with one attached hydrogen (secondary N) is 2. The normalized spacial score (nSPS) is 20.0. The molecule has 2 fully saturated rings. The Kier molecular flexibility index (Phi) is 5.59. The maximum Gasteiger partial charge on any atom is 0.253 e. The lowest BCUT2D eigenvalue weighted by atomic mass is 10.0. The van der Waals surface area contributed by atoms with E-state index in [1.807, 2.05) is 13.8 Å². The molecule has 0 spiro atoms. The molecule has 1 aromatic rings. The molecule has 1 saturated heterocycles. The minimum Gasteiger partial charge on any atom is -0.351 e. The van der Waals surface area contributed by atoms with Crippen LogP contribution in [0.1, 0.15) is 49.9 Å². The third-order valence-corrected chi connectivity index (χ3v) is 4.90. The number of benzene rings is 1. The largest absolute Gasteiger partial charge is 0.351 e. The quantitative estimate of drug-likeness (QED) is 0.849. The number of hydrogen-bond donors (Lipinski definition) is 2. The van der Waals surface area contributed by atoms with Crippen LogP contribution < -0.4 is 10.6 Å². The van der Waals surface area contributed by atoms with Crippen LogP contribution in [-0.4, -0.2) is 41.8 Å². The van der Waals surface area contributed by atoms with Crippen molar-refractivity contribution in [1.29, 1.82) is 0 Å². The summed E-state index contributed by atoms with van der Waals surface area (Å²) in [6.07, 6.45) is 3.65. The molecule has 1 saturated carbocycles. The Morgan fingerprint density at radius 3 is 2.62 bits per heavy atom. The van der Waals surface area contributed by atoms with Crippen LogP contribution in [0.15, 0.2) is 24.3 Å². The van der Waals surface area contributed by atoms with Gasteiger partial charge in [-0.3, -0.25) is 14.4 Å². The molecular weight excluding hydrogens is 330 g/mol. The Morgan fingerprint density at radius 1 is 1.15 bits per heavy atom. The van der Waals surface area contributed by atoms with Crippen molar-refractivity contribution < 1.29 is 14.4 Å². The van der Waals surface area contributed by atoms with E-state index < -0.39 is 0 Å². The van der Waals surface area contributed by atoms with Crippen LogP contribution in [0.4, 0.5) is 5.69 Å². The van der Waals surface area contributed by atoms with E-state index in [1.54, 1.807) is 29.2 Å². The molecule has 1 heterocycles. The van der Waals surface area contributed by atoms with Crippen molar-refractivity contribution in [3.05, 3.63) is 29.8 Å². The van der Waals surface area contributed by atoms with E-state index in [1.165, 1.54) is 0 Å². The summed E-state index contributed by atoms with van der Waals surface area (Å²) in [5, 5.41) is 5.90. The first-order chi connectivity index (χ1) is 12.4. The van der Waals surface area contributed by atoms with Crippen LogP contribution in [-0.2, 0) is 9.59 Å². The molecule has 0 unspecified atom stereocenters. The second kappa shape index (κ2) is 7.89. The Hall–Kier alpha value is -2.37. The molecule has 0 radical (unpaired) electrons. The topological polar surface area (TPSA) is 78.5 Å². The first-order valence-electron chi connectivity index (χ1n) is 9.44. The predicted octanol–water partition coefficient (Wildman–Crippen LogP) is 2.41. The molecule has 2 N–H and O–H groups in total. The highest BCUT2D eigenvalue weighted by Gasteiger charge is 2.30. The van der Waals surface area contributed by atoms with E-state index in [4.69, 9.17) is 0 Å². The van der Waals surface area contributed by atoms with Gasteiger partial charge in [0.1, 0.15) is 0 Å². The maximum absolute atomic E-state index is 12.8. The monoisotopic (exact) mass is 357 g/mol. The summed E-state index contributed by atoms with van der Waals surface area (Å²) in [5.41, 5.74) is 1.23. The van der Waals surface area contributed by atoms with Gasteiger partial charge in [0, 0.05) is 42.2 Å². The van der Waals surface area contributed by atoms with Crippen LogP contribution in [0.25, 0.3) is 0 Å². The maximum atomic E-state index is 12.8. The molecule has 140 valence electrons. The van der Waals surface area contributed by atoms with Gasteiger partial charge in [0.25, 0.3) is 5.91 Å². The second-order valence-corrected chi connectivity index (χ2v) is 7.60. The minimum atomic E-state index is -0.0622. The van der Waals surface area contributed by atoms with Crippen molar-refractivity contribution in [3.8, 4) is 0 Å². The van der Waals surface area contributed by atoms with Crippen LogP contribution in [0.5, 0.6) is 0 Å². The fourth-order valence-corrected chi connectivity index (χ4v) is 3.15. The van der Waals surface area contributed by atoms with Gasteiger partial charge in [0.15, 0.2) is 0 Å². The van der Waals surface area contributed by atoms with Crippen molar-refractivity contribution in [1.82, 2.24) is 10.2 Å². The zero-order valence-corrected chi connectivity index (χ0v) is 15.5. The zero-order chi connectivity index (χ0) is 18.7. The van der Waals surface area contributed by atoms with Gasteiger partial charge >= 0.3 is 0 Å². The lowest BCUT2D eigenvalue weighted by Crippen LogP contribution is -2.50. The highest BCUT2D eigenvalue weighted by molar-refractivity contribution is 5.98. The Labute approximate surface area is 154 Å². The molecule has 1 aromatic carbocycles. The van der Waals surface area contributed by atoms with Gasteiger partial charge in [-0.15, -0.1) is 0 Å². The van der Waals surface area contributed by atoms with Crippen molar-refractivity contribution in [2.75, 3.05) is 18.4 Å². The Bertz CT molecular complexity index is 697. The molecule has 6 heteroatoms.